The third kappa shape index (κ3) is 4.06. The molecule has 4 nitrogen and oxygen atoms in total. The van der Waals surface area contributed by atoms with E-state index in [0.29, 0.717) is 0 Å². The third-order valence-corrected chi connectivity index (χ3v) is 2.55. The molecular weight excluding hydrogens is 204 g/mol. The topological polar surface area (TPSA) is 50.4 Å². The fourth-order valence-corrected chi connectivity index (χ4v) is 1.63. The van der Waals surface area contributed by atoms with E-state index in [-0.39, 0.29) is 12.2 Å². The number of allylic oxidation sites excluding steroid dienone is 2. The lowest BCUT2D eigenvalue weighted by Crippen LogP contribution is -2.36. The normalized spacial score (nSPS) is 18.0. The second-order valence-corrected chi connectivity index (χ2v) is 3.96. The van der Waals surface area contributed by atoms with Crippen LogP contribution in [0.25, 0.3) is 0 Å². The van der Waals surface area contributed by atoms with Crippen molar-refractivity contribution in [2.75, 3.05) is 13.1 Å². The quantitative estimate of drug-likeness (QED) is 0.720. The Kier molecular flexibility index (Phi) is 5.05. The molecule has 0 aromatic heterocycles. The number of carbonyl (C=O) groups excluding carboxylic acids is 1. The van der Waals surface area contributed by atoms with Crippen LogP contribution in [0.3, 0.4) is 0 Å². The Hall–Kier alpha value is -1.29. The number of piperidine rings is 1. The van der Waals surface area contributed by atoms with E-state index in [1.807, 2.05) is 19.9 Å². The highest BCUT2D eigenvalue weighted by Gasteiger charge is 2.17. The summed E-state index contributed by atoms with van der Waals surface area (Å²) in [5, 5.41) is 5.91. The van der Waals surface area contributed by atoms with E-state index in [4.69, 9.17) is 4.74 Å². The lowest BCUT2D eigenvalue weighted by molar-refractivity contribution is 0.0816. The summed E-state index contributed by atoms with van der Waals surface area (Å²) in [6.07, 6.45) is 3.22. The Morgan fingerprint density at radius 1 is 1.50 bits per heavy atom. The summed E-state index contributed by atoms with van der Waals surface area (Å²) >= 11 is 0. The Labute approximate surface area is 96.7 Å². The molecule has 1 aliphatic heterocycles. The van der Waals surface area contributed by atoms with Crippen LogP contribution in [0.5, 0.6) is 0 Å². The largest absolute Gasteiger partial charge is 0.446 e. The fourth-order valence-electron chi connectivity index (χ4n) is 1.63. The molecule has 1 rings (SSSR count). The Morgan fingerprint density at radius 3 is 2.62 bits per heavy atom. The first kappa shape index (κ1) is 12.8. The Bertz CT molecular complexity index is 291. The third-order valence-electron chi connectivity index (χ3n) is 2.55. The average molecular weight is 224 g/mol. The monoisotopic (exact) mass is 224 g/mol. The molecule has 0 bridgehead atoms. The summed E-state index contributed by atoms with van der Waals surface area (Å²) in [5.74, 6) is 0. The standard InChI is InChI=1S/C12H20N2O2/c1-4-11(9(2)3)14-12(15)16-10-5-7-13-8-6-10/h4,10,13H,2,5-8H2,1,3H3,(H,14,15)/b11-4+. The van der Waals surface area contributed by atoms with Gasteiger partial charge in [0.15, 0.2) is 0 Å². The van der Waals surface area contributed by atoms with Crippen LogP contribution in [0.15, 0.2) is 23.9 Å². The molecule has 16 heavy (non-hydrogen) atoms. The molecular formula is C12H20N2O2. The van der Waals surface area contributed by atoms with Crippen molar-refractivity contribution in [1.29, 1.82) is 0 Å². The maximum Gasteiger partial charge on any atom is 0.411 e. The van der Waals surface area contributed by atoms with Crippen LogP contribution >= 0.6 is 0 Å². The molecule has 1 aliphatic rings. The second kappa shape index (κ2) is 6.33. The van der Waals surface area contributed by atoms with E-state index in [0.717, 1.165) is 37.2 Å². The lowest BCUT2D eigenvalue weighted by atomic mass is 10.1. The van der Waals surface area contributed by atoms with Gasteiger partial charge in [-0.15, -0.1) is 0 Å². The summed E-state index contributed by atoms with van der Waals surface area (Å²) in [5.41, 5.74) is 1.55. The van der Waals surface area contributed by atoms with Crippen LogP contribution in [-0.2, 0) is 4.74 Å². The predicted molar refractivity (Wildman–Crippen MR) is 64.1 cm³/mol. The van der Waals surface area contributed by atoms with Gasteiger partial charge in [-0.25, -0.2) is 4.79 Å². The molecule has 0 radical (unpaired) electrons. The van der Waals surface area contributed by atoms with E-state index in [1.54, 1.807) is 0 Å². The lowest BCUT2D eigenvalue weighted by Gasteiger charge is -2.23. The number of carbonyl (C=O) groups is 1. The molecule has 0 aromatic rings. The molecule has 0 aromatic carbocycles. The molecule has 4 heteroatoms. The van der Waals surface area contributed by atoms with Gasteiger partial charge in [0, 0.05) is 5.70 Å². The molecule has 0 atom stereocenters. The van der Waals surface area contributed by atoms with Gasteiger partial charge < -0.3 is 10.1 Å². The maximum atomic E-state index is 11.5. The predicted octanol–water partition coefficient (Wildman–Crippen LogP) is 1.94. The molecule has 0 saturated carbocycles. The molecule has 1 saturated heterocycles. The van der Waals surface area contributed by atoms with Crippen LogP contribution < -0.4 is 10.6 Å². The van der Waals surface area contributed by atoms with E-state index < -0.39 is 0 Å². The van der Waals surface area contributed by atoms with E-state index >= 15 is 0 Å². The van der Waals surface area contributed by atoms with Gasteiger partial charge in [-0.2, -0.15) is 0 Å². The van der Waals surface area contributed by atoms with Gasteiger partial charge in [0.1, 0.15) is 6.10 Å². The van der Waals surface area contributed by atoms with Crippen LogP contribution in [0.2, 0.25) is 0 Å². The Balaban J connectivity index is 2.37. The molecule has 2 N–H and O–H groups in total. The summed E-state index contributed by atoms with van der Waals surface area (Å²) < 4.78 is 5.30. The van der Waals surface area contributed by atoms with Crippen molar-refractivity contribution >= 4 is 6.09 Å². The first-order chi connectivity index (χ1) is 7.63. The van der Waals surface area contributed by atoms with Crippen molar-refractivity contribution < 1.29 is 9.53 Å². The van der Waals surface area contributed by atoms with E-state index in [9.17, 15) is 4.79 Å². The van der Waals surface area contributed by atoms with Gasteiger partial charge in [-0.05, 0) is 45.4 Å². The summed E-state index contributed by atoms with van der Waals surface area (Å²) in [7, 11) is 0. The number of hydrogen-bond donors (Lipinski definition) is 2. The zero-order valence-electron chi connectivity index (χ0n) is 10.0. The number of hydrogen-bond acceptors (Lipinski definition) is 3. The SMILES string of the molecule is C=C(C)/C(=C\C)NC(=O)OC1CCNCC1. The van der Waals surface area contributed by atoms with Crippen molar-refractivity contribution in [3.05, 3.63) is 23.9 Å². The van der Waals surface area contributed by atoms with Crippen LogP contribution in [0.4, 0.5) is 4.79 Å². The number of alkyl carbamates (subject to hydrolysis) is 1. The minimum absolute atomic E-state index is 0.0319. The van der Waals surface area contributed by atoms with Crippen molar-refractivity contribution in [2.24, 2.45) is 0 Å². The molecule has 90 valence electrons. The molecule has 0 unspecified atom stereocenters. The minimum atomic E-state index is -0.386. The molecule has 0 aliphatic carbocycles. The van der Waals surface area contributed by atoms with Gasteiger partial charge in [-0.1, -0.05) is 12.7 Å². The number of amides is 1. The van der Waals surface area contributed by atoms with Crippen molar-refractivity contribution in [3.8, 4) is 0 Å². The minimum Gasteiger partial charge on any atom is -0.446 e. The van der Waals surface area contributed by atoms with Crippen LogP contribution in [0, 0.1) is 0 Å². The highest BCUT2D eigenvalue weighted by molar-refractivity contribution is 5.70. The Morgan fingerprint density at radius 2 is 2.12 bits per heavy atom. The first-order valence-corrected chi connectivity index (χ1v) is 5.64. The van der Waals surface area contributed by atoms with Crippen molar-refractivity contribution in [3.63, 3.8) is 0 Å². The van der Waals surface area contributed by atoms with E-state index in [2.05, 4.69) is 17.2 Å². The second-order valence-electron chi connectivity index (χ2n) is 3.96. The van der Waals surface area contributed by atoms with Gasteiger partial charge in [-0.3, -0.25) is 5.32 Å². The first-order valence-electron chi connectivity index (χ1n) is 5.64. The highest BCUT2D eigenvalue weighted by Crippen LogP contribution is 2.09. The maximum absolute atomic E-state index is 11.5. The molecule has 1 amide bonds. The fraction of sp³-hybridized carbons (Fsp3) is 0.583. The van der Waals surface area contributed by atoms with E-state index in [1.165, 1.54) is 0 Å². The molecule has 1 heterocycles. The van der Waals surface area contributed by atoms with Gasteiger partial charge in [0.2, 0.25) is 0 Å². The van der Waals surface area contributed by atoms with Crippen molar-refractivity contribution in [2.45, 2.75) is 32.8 Å². The number of ether oxygens (including phenoxy) is 1. The van der Waals surface area contributed by atoms with Crippen LogP contribution in [0.1, 0.15) is 26.7 Å². The summed E-state index contributed by atoms with van der Waals surface area (Å²) in [4.78, 5) is 11.5. The van der Waals surface area contributed by atoms with Gasteiger partial charge in [0.05, 0.1) is 0 Å². The summed E-state index contributed by atoms with van der Waals surface area (Å²) in [6.45, 7) is 9.30. The molecule has 1 fully saturated rings. The number of nitrogens with one attached hydrogen (secondary N) is 2. The summed E-state index contributed by atoms with van der Waals surface area (Å²) in [6, 6.07) is 0. The van der Waals surface area contributed by atoms with Gasteiger partial charge in [0.25, 0.3) is 0 Å². The van der Waals surface area contributed by atoms with Crippen molar-refractivity contribution in [1.82, 2.24) is 10.6 Å². The van der Waals surface area contributed by atoms with Gasteiger partial charge >= 0.3 is 6.09 Å². The zero-order chi connectivity index (χ0) is 12.0. The zero-order valence-corrected chi connectivity index (χ0v) is 10.0. The smallest absolute Gasteiger partial charge is 0.411 e. The molecule has 0 spiro atoms. The number of rotatable bonds is 3. The highest BCUT2D eigenvalue weighted by atomic mass is 16.6. The average Bonchev–Trinajstić information content (AvgIpc) is 2.27. The van der Waals surface area contributed by atoms with Crippen LogP contribution in [-0.4, -0.2) is 25.3 Å².